The minimum absolute atomic E-state index is 0.00120. The average molecular weight is 442 g/mol. The van der Waals surface area contributed by atoms with Gasteiger partial charge in [0.05, 0.1) is 18.8 Å². The molecule has 2 aliphatic heterocycles. The van der Waals surface area contributed by atoms with Gasteiger partial charge in [0.1, 0.15) is 6.61 Å². The van der Waals surface area contributed by atoms with Crippen LogP contribution in [-0.2, 0) is 19.1 Å². The van der Waals surface area contributed by atoms with E-state index in [9.17, 15) is 14.7 Å². The van der Waals surface area contributed by atoms with Crippen LogP contribution in [0.4, 0.5) is 0 Å². The summed E-state index contributed by atoms with van der Waals surface area (Å²) in [4.78, 5) is 26.6. The molecule has 32 heavy (non-hydrogen) atoms. The quantitative estimate of drug-likeness (QED) is 0.673. The molecule has 1 aromatic carbocycles. The summed E-state index contributed by atoms with van der Waals surface area (Å²) in [7, 11) is 1.47. The van der Waals surface area contributed by atoms with E-state index in [2.05, 4.69) is 19.2 Å². The Hall–Kier alpha value is -2.80. The lowest BCUT2D eigenvalue weighted by Crippen LogP contribution is -2.39. The molecule has 0 unspecified atom stereocenters. The molecule has 7 heteroatoms. The van der Waals surface area contributed by atoms with E-state index in [1.54, 1.807) is 12.1 Å². The van der Waals surface area contributed by atoms with E-state index >= 15 is 0 Å². The molecule has 172 valence electrons. The van der Waals surface area contributed by atoms with Gasteiger partial charge in [-0.1, -0.05) is 19.9 Å². The summed E-state index contributed by atoms with van der Waals surface area (Å²) in [6.07, 6.45) is 2.84. The molecule has 1 aliphatic carbocycles. The number of phenols is 1. The second-order valence-corrected chi connectivity index (χ2v) is 9.59. The van der Waals surface area contributed by atoms with Gasteiger partial charge >= 0.3 is 5.97 Å². The number of hydrogen-bond donors (Lipinski definition) is 2. The molecule has 2 N–H and O–H groups in total. The summed E-state index contributed by atoms with van der Waals surface area (Å²) < 4.78 is 16.5. The number of ketones is 1. The van der Waals surface area contributed by atoms with Gasteiger partial charge in [0.2, 0.25) is 0 Å². The van der Waals surface area contributed by atoms with E-state index in [1.807, 2.05) is 6.92 Å². The Labute approximate surface area is 188 Å². The highest BCUT2D eigenvalue weighted by atomic mass is 16.6. The Bertz CT molecular complexity index is 1000. The van der Waals surface area contributed by atoms with E-state index in [-0.39, 0.29) is 35.4 Å². The molecule has 7 nitrogen and oxygen atoms in total. The van der Waals surface area contributed by atoms with Gasteiger partial charge in [0, 0.05) is 35.9 Å². The number of dihydropyridines is 1. The number of nitrogens with one attached hydrogen (secondary N) is 1. The zero-order valence-corrected chi connectivity index (χ0v) is 19.1. The first-order valence-electron chi connectivity index (χ1n) is 11.1. The molecular weight excluding hydrogens is 410 g/mol. The molecule has 0 bridgehead atoms. The zero-order valence-electron chi connectivity index (χ0n) is 19.1. The number of carbonyl (C=O) groups is 2. The van der Waals surface area contributed by atoms with Crippen LogP contribution in [0.1, 0.15) is 57.9 Å². The highest BCUT2D eigenvalue weighted by Crippen LogP contribution is 2.47. The molecule has 1 fully saturated rings. The summed E-state index contributed by atoms with van der Waals surface area (Å²) >= 11 is 0. The predicted octanol–water partition coefficient (Wildman–Crippen LogP) is 3.73. The smallest absolute Gasteiger partial charge is 0.336 e. The number of ether oxygens (including phenoxy) is 3. The van der Waals surface area contributed by atoms with Crippen LogP contribution in [0, 0.1) is 5.41 Å². The molecule has 0 amide bonds. The number of benzene rings is 1. The molecule has 0 saturated carbocycles. The van der Waals surface area contributed by atoms with Crippen molar-refractivity contribution < 1.29 is 28.9 Å². The first kappa shape index (κ1) is 22.4. The SMILES string of the molecule is COc1cc([C@@H]2C(C(=O)OC[C@H]3CCCO3)=C(C)NC3=C2C(=O)CC(C)(C)C3)ccc1O. The average Bonchev–Trinajstić information content (AvgIpc) is 3.24. The molecule has 0 radical (unpaired) electrons. The standard InChI is InChI=1S/C25H31NO6/c1-14-21(24(29)32-13-16-6-5-9-31-16)22(15-7-8-18(27)20(10-15)30-4)23-17(26-14)11-25(2,3)12-19(23)28/h7-8,10,16,22,26-27H,5-6,9,11-13H2,1-4H3/t16-,22-/m1/s1. The van der Waals surface area contributed by atoms with Crippen molar-refractivity contribution in [3.63, 3.8) is 0 Å². The number of esters is 1. The highest BCUT2D eigenvalue weighted by Gasteiger charge is 2.43. The fraction of sp³-hybridized carbons (Fsp3) is 0.520. The number of phenolic OH excluding ortho intramolecular Hbond substituents is 1. The van der Waals surface area contributed by atoms with Crippen molar-refractivity contribution in [2.45, 2.75) is 58.5 Å². The van der Waals surface area contributed by atoms with Crippen molar-refractivity contribution in [1.82, 2.24) is 5.32 Å². The summed E-state index contributed by atoms with van der Waals surface area (Å²) in [5.74, 6) is -0.763. The zero-order chi connectivity index (χ0) is 23.0. The lowest BCUT2D eigenvalue weighted by atomic mass is 9.68. The minimum atomic E-state index is -0.596. The minimum Gasteiger partial charge on any atom is -0.504 e. The molecule has 1 saturated heterocycles. The van der Waals surface area contributed by atoms with Crippen LogP contribution in [0.25, 0.3) is 0 Å². The number of carbonyl (C=O) groups excluding carboxylic acids is 2. The van der Waals surface area contributed by atoms with Crippen LogP contribution in [0.15, 0.2) is 40.7 Å². The summed E-state index contributed by atoms with van der Waals surface area (Å²) in [6, 6.07) is 4.94. The van der Waals surface area contributed by atoms with Gasteiger partial charge in [-0.15, -0.1) is 0 Å². The molecule has 1 aromatic rings. The van der Waals surface area contributed by atoms with Crippen LogP contribution in [0.5, 0.6) is 11.5 Å². The summed E-state index contributed by atoms with van der Waals surface area (Å²) in [6.45, 7) is 6.85. The van der Waals surface area contributed by atoms with Crippen molar-refractivity contribution in [1.29, 1.82) is 0 Å². The topological polar surface area (TPSA) is 94.1 Å². The molecule has 0 spiro atoms. The summed E-state index contributed by atoms with van der Waals surface area (Å²) in [5, 5.41) is 13.4. The number of allylic oxidation sites excluding steroid dienone is 3. The van der Waals surface area contributed by atoms with Crippen molar-refractivity contribution >= 4 is 11.8 Å². The van der Waals surface area contributed by atoms with Crippen molar-refractivity contribution in [3.8, 4) is 11.5 Å². The lowest BCUT2D eigenvalue weighted by Gasteiger charge is -2.39. The van der Waals surface area contributed by atoms with Gasteiger partial charge in [0.15, 0.2) is 17.3 Å². The maximum absolute atomic E-state index is 13.3. The van der Waals surface area contributed by atoms with E-state index < -0.39 is 11.9 Å². The largest absolute Gasteiger partial charge is 0.504 e. The normalized spacial score (nSPS) is 24.8. The van der Waals surface area contributed by atoms with E-state index in [4.69, 9.17) is 14.2 Å². The van der Waals surface area contributed by atoms with Gasteiger partial charge in [0.25, 0.3) is 0 Å². The van der Waals surface area contributed by atoms with Crippen molar-refractivity contribution in [3.05, 3.63) is 46.3 Å². The number of methoxy groups -OCH3 is 1. The highest BCUT2D eigenvalue weighted by molar-refractivity contribution is 6.04. The van der Waals surface area contributed by atoms with Gasteiger partial charge < -0.3 is 24.6 Å². The Kier molecular flexibility index (Phi) is 6.03. The second kappa shape index (κ2) is 8.62. The van der Waals surface area contributed by atoms with Crippen LogP contribution in [0.2, 0.25) is 0 Å². The first-order valence-corrected chi connectivity index (χ1v) is 11.1. The van der Waals surface area contributed by atoms with Gasteiger partial charge in [-0.3, -0.25) is 4.79 Å². The molecule has 4 rings (SSSR count). The first-order chi connectivity index (χ1) is 15.2. The Morgan fingerprint density at radius 3 is 2.78 bits per heavy atom. The lowest BCUT2D eigenvalue weighted by molar-refractivity contribution is -0.142. The van der Waals surface area contributed by atoms with Crippen LogP contribution in [0.3, 0.4) is 0 Å². The summed E-state index contributed by atoms with van der Waals surface area (Å²) in [5.41, 5.74) is 3.04. The monoisotopic (exact) mass is 441 g/mol. The third kappa shape index (κ3) is 4.26. The van der Waals surface area contributed by atoms with E-state index in [1.165, 1.54) is 13.2 Å². The van der Waals surface area contributed by atoms with Crippen molar-refractivity contribution in [2.75, 3.05) is 20.3 Å². The van der Waals surface area contributed by atoms with Gasteiger partial charge in [-0.05, 0) is 49.3 Å². The maximum Gasteiger partial charge on any atom is 0.336 e. The van der Waals surface area contributed by atoms with Gasteiger partial charge in [-0.25, -0.2) is 4.79 Å². The molecule has 3 aliphatic rings. The number of Topliss-reactive ketones (excluding diaryl/α,β-unsaturated/α-hetero) is 1. The third-order valence-electron chi connectivity index (χ3n) is 6.42. The fourth-order valence-corrected chi connectivity index (χ4v) is 4.94. The molecule has 2 atom stereocenters. The van der Waals surface area contributed by atoms with E-state index in [0.29, 0.717) is 41.9 Å². The van der Waals surface area contributed by atoms with Crippen LogP contribution in [-0.4, -0.2) is 43.3 Å². The maximum atomic E-state index is 13.3. The van der Waals surface area contributed by atoms with Crippen LogP contribution >= 0.6 is 0 Å². The number of rotatable bonds is 5. The molecule has 2 heterocycles. The Morgan fingerprint density at radius 2 is 2.09 bits per heavy atom. The third-order valence-corrected chi connectivity index (χ3v) is 6.42. The molecule has 0 aromatic heterocycles. The van der Waals surface area contributed by atoms with Gasteiger partial charge in [-0.2, -0.15) is 0 Å². The van der Waals surface area contributed by atoms with E-state index in [0.717, 1.165) is 18.5 Å². The fourth-order valence-electron chi connectivity index (χ4n) is 4.94. The number of aromatic hydroxyl groups is 1. The molecular formula is C25H31NO6. The number of hydrogen-bond acceptors (Lipinski definition) is 7. The van der Waals surface area contributed by atoms with Crippen molar-refractivity contribution in [2.24, 2.45) is 5.41 Å². The Balaban J connectivity index is 1.75. The van der Waals surface area contributed by atoms with Crippen LogP contribution < -0.4 is 10.1 Å². The Morgan fingerprint density at radius 1 is 1.31 bits per heavy atom. The predicted molar refractivity (Wildman–Crippen MR) is 118 cm³/mol. The second-order valence-electron chi connectivity index (χ2n) is 9.59.